The molecule has 0 aliphatic rings. The second kappa shape index (κ2) is 12.3. The summed E-state index contributed by atoms with van der Waals surface area (Å²) in [6, 6.07) is 74.1. The first kappa shape index (κ1) is 32.7. The first-order valence-electron chi connectivity index (χ1n) is 20.3. The average molecular weight is 764 g/mol. The van der Waals surface area contributed by atoms with Crippen LogP contribution in [0.5, 0.6) is 0 Å². The van der Waals surface area contributed by atoms with E-state index in [0.717, 1.165) is 77.3 Å². The van der Waals surface area contributed by atoms with Crippen molar-refractivity contribution in [1.82, 2.24) is 18.3 Å². The molecule has 13 rings (SSSR count). The van der Waals surface area contributed by atoms with E-state index in [1.807, 2.05) is 6.07 Å². The summed E-state index contributed by atoms with van der Waals surface area (Å²) in [5.74, 6) is 0. The Balaban J connectivity index is 1.20. The summed E-state index contributed by atoms with van der Waals surface area (Å²) in [4.78, 5) is 0. The molecule has 13 aromatic rings. The SMILES string of the molecule is N#Cc1cc2c(c3ccccc3n2-c2ccccc2)c2c1c1ccccc1n2-c1ccc2c(c1)c1ccc3c(c4ccccc4n3-c3ccccc3)c1n2-c1ccccc1. The number of nitriles is 1. The molecule has 4 heterocycles. The molecule has 0 aliphatic carbocycles. The second-order valence-corrected chi connectivity index (χ2v) is 15.6. The Morgan fingerprint density at radius 2 is 0.717 bits per heavy atom. The number of hydrogen-bond donors (Lipinski definition) is 0. The van der Waals surface area contributed by atoms with Crippen LogP contribution < -0.4 is 0 Å². The van der Waals surface area contributed by atoms with E-state index in [-0.39, 0.29) is 0 Å². The van der Waals surface area contributed by atoms with Crippen LogP contribution in [0.1, 0.15) is 5.56 Å². The maximum atomic E-state index is 10.9. The summed E-state index contributed by atoms with van der Waals surface area (Å²) in [7, 11) is 0. The van der Waals surface area contributed by atoms with Crippen LogP contribution in [-0.2, 0) is 0 Å². The minimum Gasteiger partial charge on any atom is -0.309 e. The Labute approximate surface area is 344 Å². The molecule has 0 amide bonds. The monoisotopic (exact) mass is 763 g/mol. The van der Waals surface area contributed by atoms with E-state index in [1.165, 1.54) is 32.7 Å². The molecule has 0 unspecified atom stereocenters. The molecule has 0 fully saturated rings. The molecular formula is C55H33N5. The molecule has 0 saturated carbocycles. The zero-order valence-electron chi connectivity index (χ0n) is 32.3. The molecule has 0 bridgehead atoms. The van der Waals surface area contributed by atoms with Crippen molar-refractivity contribution in [3.8, 4) is 28.8 Å². The maximum absolute atomic E-state index is 10.9. The molecule has 0 saturated heterocycles. The Morgan fingerprint density at radius 1 is 0.283 bits per heavy atom. The third-order valence-corrected chi connectivity index (χ3v) is 12.5. The lowest BCUT2D eigenvalue weighted by Gasteiger charge is -2.12. The zero-order valence-corrected chi connectivity index (χ0v) is 32.3. The fourth-order valence-electron chi connectivity index (χ4n) is 10.2. The van der Waals surface area contributed by atoms with Gasteiger partial charge < -0.3 is 18.3 Å². The Kier molecular flexibility index (Phi) is 6.73. The molecule has 0 N–H and O–H groups in total. The Morgan fingerprint density at radius 3 is 1.30 bits per heavy atom. The van der Waals surface area contributed by atoms with Crippen LogP contribution in [-0.4, -0.2) is 18.3 Å². The molecule has 278 valence electrons. The normalized spacial score (nSPS) is 12.0. The predicted octanol–water partition coefficient (Wildman–Crippen LogP) is 13.9. The van der Waals surface area contributed by atoms with Gasteiger partial charge in [-0.15, -0.1) is 0 Å². The summed E-state index contributed by atoms with van der Waals surface area (Å²) < 4.78 is 9.55. The standard InChI is InChI=1S/C55H33N5/c56-34-35-32-50-53(43-24-12-14-26-46(43)58(50)37-18-6-2-7-19-37)55-51(35)41-22-10-15-27-47(41)60(55)39-28-30-48-44(33-39)40-29-31-49-52(54(40)59(48)38-20-8-3-9-21-38)42-23-11-13-25-45(42)57(49)36-16-4-1-5-17-36/h1-33H. The van der Waals surface area contributed by atoms with Gasteiger partial charge in [0.15, 0.2) is 0 Å². The summed E-state index contributed by atoms with van der Waals surface area (Å²) >= 11 is 0. The molecule has 5 heteroatoms. The van der Waals surface area contributed by atoms with Crippen LogP contribution in [0.15, 0.2) is 200 Å². The molecule has 0 atom stereocenters. The van der Waals surface area contributed by atoms with E-state index < -0.39 is 0 Å². The van der Waals surface area contributed by atoms with Crippen LogP contribution >= 0.6 is 0 Å². The van der Waals surface area contributed by atoms with E-state index in [2.05, 4.69) is 218 Å². The lowest BCUT2D eigenvalue weighted by molar-refractivity contribution is 1.17. The van der Waals surface area contributed by atoms with Crippen molar-refractivity contribution in [2.75, 3.05) is 0 Å². The van der Waals surface area contributed by atoms with Crippen molar-refractivity contribution in [2.24, 2.45) is 0 Å². The van der Waals surface area contributed by atoms with Gasteiger partial charge in [0.1, 0.15) is 0 Å². The number of rotatable bonds is 4. The van der Waals surface area contributed by atoms with Gasteiger partial charge in [-0.1, -0.05) is 115 Å². The van der Waals surface area contributed by atoms with Crippen molar-refractivity contribution < 1.29 is 0 Å². The summed E-state index contributed by atoms with van der Waals surface area (Å²) in [5, 5.41) is 20.0. The second-order valence-electron chi connectivity index (χ2n) is 15.6. The van der Waals surface area contributed by atoms with Crippen molar-refractivity contribution >= 4 is 87.2 Å². The molecule has 60 heavy (non-hydrogen) atoms. The third-order valence-electron chi connectivity index (χ3n) is 12.5. The van der Waals surface area contributed by atoms with Crippen LogP contribution in [0, 0.1) is 11.3 Å². The van der Waals surface area contributed by atoms with Crippen molar-refractivity contribution in [3.63, 3.8) is 0 Å². The molecule has 5 nitrogen and oxygen atoms in total. The molecule has 9 aromatic carbocycles. The molecule has 0 radical (unpaired) electrons. The zero-order chi connectivity index (χ0) is 39.5. The third kappa shape index (κ3) is 4.34. The average Bonchev–Trinajstić information content (AvgIpc) is 4.04. The van der Waals surface area contributed by atoms with Gasteiger partial charge in [-0.05, 0) is 84.9 Å². The highest BCUT2D eigenvalue weighted by Crippen LogP contribution is 2.46. The maximum Gasteiger partial charge on any atom is 0.0999 e. The van der Waals surface area contributed by atoms with Crippen molar-refractivity contribution in [3.05, 3.63) is 206 Å². The van der Waals surface area contributed by atoms with Gasteiger partial charge >= 0.3 is 0 Å². The predicted molar refractivity (Wildman–Crippen MR) is 249 cm³/mol. The number of para-hydroxylation sites is 6. The number of nitrogens with zero attached hydrogens (tertiary/aromatic N) is 5. The van der Waals surface area contributed by atoms with E-state index in [0.29, 0.717) is 5.56 Å². The van der Waals surface area contributed by atoms with Crippen LogP contribution in [0.3, 0.4) is 0 Å². The van der Waals surface area contributed by atoms with E-state index >= 15 is 0 Å². The topological polar surface area (TPSA) is 43.5 Å². The van der Waals surface area contributed by atoms with E-state index in [1.54, 1.807) is 0 Å². The van der Waals surface area contributed by atoms with Gasteiger partial charge in [-0.3, -0.25) is 0 Å². The number of fused-ring (bicyclic) bond motifs is 14. The highest BCUT2D eigenvalue weighted by atomic mass is 15.0. The van der Waals surface area contributed by atoms with Crippen molar-refractivity contribution in [1.29, 1.82) is 5.26 Å². The number of aromatic nitrogens is 4. The van der Waals surface area contributed by atoms with Gasteiger partial charge in [0.2, 0.25) is 0 Å². The molecule has 4 aromatic heterocycles. The highest BCUT2D eigenvalue weighted by Gasteiger charge is 2.25. The lowest BCUT2D eigenvalue weighted by atomic mass is 10.0. The van der Waals surface area contributed by atoms with Crippen LogP contribution in [0.25, 0.3) is 110 Å². The number of hydrogen-bond acceptors (Lipinski definition) is 1. The Bertz CT molecular complexity index is 3930. The van der Waals surface area contributed by atoms with Gasteiger partial charge in [0, 0.05) is 65.8 Å². The van der Waals surface area contributed by atoms with E-state index in [4.69, 9.17) is 0 Å². The summed E-state index contributed by atoms with van der Waals surface area (Å²) in [5.41, 5.74) is 13.9. The summed E-state index contributed by atoms with van der Waals surface area (Å²) in [6.07, 6.45) is 0. The molecular weight excluding hydrogens is 731 g/mol. The fraction of sp³-hybridized carbons (Fsp3) is 0. The minimum atomic E-state index is 0.659. The minimum absolute atomic E-state index is 0.659. The van der Waals surface area contributed by atoms with Gasteiger partial charge in [0.25, 0.3) is 0 Å². The van der Waals surface area contributed by atoms with Gasteiger partial charge in [-0.2, -0.15) is 5.26 Å². The van der Waals surface area contributed by atoms with Crippen molar-refractivity contribution in [2.45, 2.75) is 0 Å². The number of benzene rings is 9. The summed E-state index contributed by atoms with van der Waals surface area (Å²) in [6.45, 7) is 0. The lowest BCUT2D eigenvalue weighted by Crippen LogP contribution is -1.97. The van der Waals surface area contributed by atoms with Crippen LogP contribution in [0.2, 0.25) is 0 Å². The Hall–Kier alpha value is -8.33. The largest absolute Gasteiger partial charge is 0.309 e. The van der Waals surface area contributed by atoms with Gasteiger partial charge in [-0.25, -0.2) is 0 Å². The van der Waals surface area contributed by atoms with Gasteiger partial charge in [0.05, 0.1) is 55.8 Å². The molecule has 0 aliphatic heterocycles. The molecule has 0 spiro atoms. The quantitative estimate of drug-likeness (QED) is 0.176. The first-order chi connectivity index (χ1) is 29.8. The highest BCUT2D eigenvalue weighted by molar-refractivity contribution is 6.29. The smallest absolute Gasteiger partial charge is 0.0999 e. The van der Waals surface area contributed by atoms with Crippen LogP contribution in [0.4, 0.5) is 0 Å². The van der Waals surface area contributed by atoms with E-state index in [9.17, 15) is 5.26 Å². The fourth-order valence-corrected chi connectivity index (χ4v) is 10.2. The first-order valence-corrected chi connectivity index (χ1v) is 20.3.